The van der Waals surface area contributed by atoms with Crippen LogP contribution in [0.2, 0.25) is 0 Å². The van der Waals surface area contributed by atoms with Gasteiger partial charge in [-0.3, -0.25) is 0 Å². The average Bonchev–Trinajstić information content (AvgIpc) is 2.94. The predicted molar refractivity (Wildman–Crippen MR) is 89.9 cm³/mol. The van der Waals surface area contributed by atoms with Gasteiger partial charge in [-0.1, -0.05) is 6.07 Å². The second-order valence-electron chi connectivity index (χ2n) is 5.71. The maximum absolute atomic E-state index is 9.01. The molecule has 2 aromatic heterocycles. The molecule has 0 saturated carbocycles. The molecule has 0 radical (unpaired) electrons. The Hall–Kier alpha value is -1.50. The summed E-state index contributed by atoms with van der Waals surface area (Å²) in [7, 11) is 0. The Balaban J connectivity index is 1.64. The Bertz CT molecular complexity index is 608. The number of piperidine rings is 1. The van der Waals surface area contributed by atoms with Crippen LogP contribution in [-0.4, -0.2) is 46.2 Å². The molecule has 1 fully saturated rings. The fourth-order valence-corrected chi connectivity index (χ4v) is 3.56. The second kappa shape index (κ2) is 7.17. The molecule has 0 atom stereocenters. The number of nitrogens with zero attached hydrogens (tertiary/aromatic N) is 3. The zero-order chi connectivity index (χ0) is 15.4. The van der Waals surface area contributed by atoms with Gasteiger partial charge < -0.3 is 15.3 Å². The van der Waals surface area contributed by atoms with Crippen LogP contribution in [0.4, 0.5) is 10.9 Å². The standard InChI is InChI=1S/C16H22N4OS/c1-12-11-22-16(17-12)19-15-4-2-3-14(18-15)13-5-7-20(8-6-13)9-10-21/h2-4,11,13,21H,5-10H2,1H3,(H,17,18,19). The lowest BCUT2D eigenvalue weighted by atomic mass is 9.93. The topological polar surface area (TPSA) is 61.3 Å². The number of aryl methyl sites for hydroxylation is 1. The van der Waals surface area contributed by atoms with Crippen molar-refractivity contribution < 1.29 is 5.11 Å². The largest absolute Gasteiger partial charge is 0.395 e. The maximum atomic E-state index is 9.01. The van der Waals surface area contributed by atoms with E-state index in [2.05, 4.69) is 27.3 Å². The highest BCUT2D eigenvalue weighted by Gasteiger charge is 2.21. The molecule has 6 heteroatoms. The van der Waals surface area contributed by atoms with Crippen molar-refractivity contribution in [3.8, 4) is 0 Å². The SMILES string of the molecule is Cc1csc(Nc2cccc(C3CCN(CCO)CC3)n2)n1. The van der Waals surface area contributed by atoms with E-state index in [0.717, 1.165) is 54.8 Å². The summed E-state index contributed by atoms with van der Waals surface area (Å²) in [5, 5.41) is 15.2. The maximum Gasteiger partial charge on any atom is 0.188 e. The molecule has 1 saturated heterocycles. The molecular weight excluding hydrogens is 296 g/mol. The van der Waals surface area contributed by atoms with Crippen LogP contribution in [-0.2, 0) is 0 Å². The predicted octanol–water partition coefficient (Wildman–Crippen LogP) is 2.76. The van der Waals surface area contributed by atoms with Gasteiger partial charge in [0.25, 0.3) is 0 Å². The van der Waals surface area contributed by atoms with E-state index in [1.54, 1.807) is 11.3 Å². The molecule has 0 amide bonds. The second-order valence-corrected chi connectivity index (χ2v) is 6.56. The van der Waals surface area contributed by atoms with Gasteiger partial charge >= 0.3 is 0 Å². The minimum Gasteiger partial charge on any atom is -0.395 e. The third-order valence-electron chi connectivity index (χ3n) is 4.05. The molecule has 5 nitrogen and oxygen atoms in total. The highest BCUT2D eigenvalue weighted by Crippen LogP contribution is 2.28. The summed E-state index contributed by atoms with van der Waals surface area (Å²) in [4.78, 5) is 11.5. The van der Waals surface area contributed by atoms with E-state index in [1.165, 1.54) is 0 Å². The van der Waals surface area contributed by atoms with Crippen LogP contribution in [0, 0.1) is 6.92 Å². The van der Waals surface area contributed by atoms with E-state index < -0.39 is 0 Å². The summed E-state index contributed by atoms with van der Waals surface area (Å²) in [6.45, 7) is 5.10. The Kier molecular flexibility index (Phi) is 5.02. The van der Waals surface area contributed by atoms with Crippen LogP contribution in [0.1, 0.15) is 30.1 Å². The third-order valence-corrected chi connectivity index (χ3v) is 4.92. The van der Waals surface area contributed by atoms with Crippen LogP contribution in [0.3, 0.4) is 0 Å². The smallest absolute Gasteiger partial charge is 0.188 e. The van der Waals surface area contributed by atoms with Gasteiger partial charge in [0, 0.05) is 23.5 Å². The Morgan fingerprint density at radius 2 is 2.14 bits per heavy atom. The molecule has 0 spiro atoms. The summed E-state index contributed by atoms with van der Waals surface area (Å²) in [5.41, 5.74) is 2.18. The van der Waals surface area contributed by atoms with E-state index in [1.807, 2.05) is 18.4 Å². The molecule has 0 unspecified atom stereocenters. The number of β-amino-alcohol motifs (C(OH)–C–C–N with tert-alkyl or cyclic N) is 1. The monoisotopic (exact) mass is 318 g/mol. The number of pyridine rings is 1. The minimum absolute atomic E-state index is 0.246. The molecule has 118 valence electrons. The van der Waals surface area contributed by atoms with Crippen molar-refractivity contribution in [2.24, 2.45) is 0 Å². The number of thiazole rings is 1. The minimum atomic E-state index is 0.246. The van der Waals surface area contributed by atoms with E-state index in [0.29, 0.717) is 5.92 Å². The molecule has 0 bridgehead atoms. The molecular formula is C16H22N4OS. The van der Waals surface area contributed by atoms with Crippen molar-refractivity contribution in [2.45, 2.75) is 25.7 Å². The average molecular weight is 318 g/mol. The molecule has 0 aromatic carbocycles. The molecule has 2 N–H and O–H groups in total. The first-order chi connectivity index (χ1) is 10.7. The number of nitrogens with one attached hydrogen (secondary N) is 1. The molecule has 1 aliphatic heterocycles. The first kappa shape index (κ1) is 15.4. The summed E-state index contributed by atoms with van der Waals surface area (Å²) in [6.07, 6.45) is 2.21. The quantitative estimate of drug-likeness (QED) is 0.887. The van der Waals surface area contributed by atoms with E-state index in [9.17, 15) is 0 Å². The van der Waals surface area contributed by atoms with Crippen LogP contribution in [0.5, 0.6) is 0 Å². The van der Waals surface area contributed by atoms with E-state index in [-0.39, 0.29) is 6.61 Å². The van der Waals surface area contributed by atoms with Gasteiger partial charge in [0.05, 0.1) is 12.3 Å². The number of aromatic nitrogens is 2. The van der Waals surface area contributed by atoms with Crippen LogP contribution in [0.25, 0.3) is 0 Å². The number of hydrogen-bond acceptors (Lipinski definition) is 6. The van der Waals surface area contributed by atoms with Crippen LogP contribution < -0.4 is 5.32 Å². The van der Waals surface area contributed by atoms with Gasteiger partial charge in [0.15, 0.2) is 5.13 Å². The molecule has 1 aliphatic rings. The fourth-order valence-electron chi connectivity index (χ4n) is 2.86. The third kappa shape index (κ3) is 3.82. The fraction of sp³-hybridized carbons (Fsp3) is 0.500. The number of rotatable bonds is 5. The van der Waals surface area contributed by atoms with E-state index >= 15 is 0 Å². The lowest BCUT2D eigenvalue weighted by molar-refractivity contribution is 0.163. The van der Waals surface area contributed by atoms with Gasteiger partial charge in [-0.15, -0.1) is 11.3 Å². The summed E-state index contributed by atoms with van der Waals surface area (Å²) in [5.74, 6) is 1.37. The van der Waals surface area contributed by atoms with Crippen LogP contribution in [0.15, 0.2) is 23.6 Å². The van der Waals surface area contributed by atoms with Crippen molar-refractivity contribution >= 4 is 22.3 Å². The molecule has 22 heavy (non-hydrogen) atoms. The zero-order valence-electron chi connectivity index (χ0n) is 12.8. The molecule has 3 rings (SSSR count). The number of hydrogen-bond donors (Lipinski definition) is 2. The number of aliphatic hydroxyl groups is 1. The van der Waals surface area contributed by atoms with E-state index in [4.69, 9.17) is 10.1 Å². The summed E-state index contributed by atoms with van der Waals surface area (Å²) < 4.78 is 0. The first-order valence-corrected chi connectivity index (χ1v) is 8.62. The Morgan fingerprint density at radius 1 is 1.32 bits per heavy atom. The number of aliphatic hydroxyl groups excluding tert-OH is 1. The van der Waals surface area contributed by atoms with Gasteiger partial charge in [-0.25, -0.2) is 9.97 Å². The van der Waals surface area contributed by atoms with Gasteiger partial charge in [-0.05, 0) is 45.0 Å². The Labute approximate surface area is 135 Å². The van der Waals surface area contributed by atoms with Gasteiger partial charge in [0.1, 0.15) is 5.82 Å². The number of anilines is 2. The van der Waals surface area contributed by atoms with Gasteiger partial charge in [0.2, 0.25) is 0 Å². The summed E-state index contributed by atoms with van der Waals surface area (Å²) >= 11 is 1.60. The lowest BCUT2D eigenvalue weighted by Gasteiger charge is -2.31. The molecule has 3 heterocycles. The number of likely N-dealkylation sites (tertiary alicyclic amines) is 1. The lowest BCUT2D eigenvalue weighted by Crippen LogP contribution is -2.35. The van der Waals surface area contributed by atoms with Crippen molar-refractivity contribution in [1.29, 1.82) is 0 Å². The Morgan fingerprint density at radius 3 is 2.82 bits per heavy atom. The first-order valence-electron chi connectivity index (χ1n) is 7.74. The van der Waals surface area contributed by atoms with Crippen molar-refractivity contribution in [3.63, 3.8) is 0 Å². The van der Waals surface area contributed by atoms with Gasteiger partial charge in [-0.2, -0.15) is 0 Å². The molecule has 2 aromatic rings. The van der Waals surface area contributed by atoms with Crippen molar-refractivity contribution in [3.05, 3.63) is 35.0 Å². The highest BCUT2D eigenvalue weighted by molar-refractivity contribution is 7.13. The summed E-state index contributed by atoms with van der Waals surface area (Å²) in [6, 6.07) is 6.16. The zero-order valence-corrected chi connectivity index (χ0v) is 13.6. The highest BCUT2D eigenvalue weighted by atomic mass is 32.1. The van der Waals surface area contributed by atoms with Crippen molar-refractivity contribution in [2.75, 3.05) is 31.6 Å². The molecule has 0 aliphatic carbocycles. The van der Waals surface area contributed by atoms with Crippen LogP contribution >= 0.6 is 11.3 Å². The van der Waals surface area contributed by atoms with Crippen molar-refractivity contribution in [1.82, 2.24) is 14.9 Å². The normalized spacial score (nSPS) is 16.8.